The van der Waals surface area contributed by atoms with E-state index in [1.165, 1.54) is 11.8 Å². The van der Waals surface area contributed by atoms with Crippen molar-refractivity contribution < 1.29 is 12.8 Å². The molecule has 1 aromatic carbocycles. The average Bonchev–Trinajstić information content (AvgIpc) is 3.36. The molecule has 26 heavy (non-hydrogen) atoms. The molecule has 136 valence electrons. The van der Waals surface area contributed by atoms with Crippen molar-refractivity contribution in [2.45, 2.75) is 23.8 Å². The normalized spacial score (nSPS) is 19.0. The summed E-state index contributed by atoms with van der Waals surface area (Å²) in [5.41, 5.74) is 2.16. The van der Waals surface area contributed by atoms with E-state index in [1.54, 1.807) is 6.20 Å². The summed E-state index contributed by atoms with van der Waals surface area (Å²) in [7, 11) is -2.88. The van der Waals surface area contributed by atoms with Crippen LogP contribution < -0.4 is 0 Å². The lowest BCUT2D eigenvalue weighted by Crippen LogP contribution is -2.07. The first-order chi connectivity index (χ1) is 12.6. The molecule has 1 aliphatic rings. The number of aromatic nitrogens is 4. The van der Waals surface area contributed by atoms with E-state index in [9.17, 15) is 8.42 Å². The van der Waals surface area contributed by atoms with Gasteiger partial charge in [0.2, 0.25) is 5.89 Å². The van der Waals surface area contributed by atoms with E-state index >= 15 is 0 Å². The lowest BCUT2D eigenvalue weighted by Gasteiger charge is -2.03. The summed E-state index contributed by atoms with van der Waals surface area (Å²) in [5, 5.41) is 12.8. The largest absolute Gasteiger partial charge is 0.416 e. The van der Waals surface area contributed by atoms with Crippen molar-refractivity contribution in [1.82, 2.24) is 20.0 Å². The van der Waals surface area contributed by atoms with Gasteiger partial charge in [0.25, 0.3) is 5.22 Å². The minimum atomic E-state index is -2.88. The van der Waals surface area contributed by atoms with E-state index in [1.807, 2.05) is 41.2 Å². The number of benzene rings is 1. The first-order valence-electron chi connectivity index (χ1n) is 8.32. The number of hydrogen-bond acceptors (Lipinski definition) is 7. The molecular formula is C17H18N4O3S2. The highest BCUT2D eigenvalue weighted by Gasteiger charge is 2.29. The topological polar surface area (TPSA) is 90.9 Å². The van der Waals surface area contributed by atoms with Gasteiger partial charge in [-0.25, -0.2) is 13.1 Å². The van der Waals surface area contributed by atoms with Gasteiger partial charge in [-0.15, -0.1) is 10.2 Å². The molecule has 7 nitrogen and oxygen atoms in total. The summed E-state index contributed by atoms with van der Waals surface area (Å²) in [6.45, 7) is 0. The molecule has 3 heterocycles. The van der Waals surface area contributed by atoms with Gasteiger partial charge in [-0.3, -0.25) is 0 Å². The molecule has 2 aromatic heterocycles. The third-order valence-corrected chi connectivity index (χ3v) is 7.03. The fourth-order valence-electron chi connectivity index (χ4n) is 2.97. The van der Waals surface area contributed by atoms with Crippen molar-refractivity contribution in [1.29, 1.82) is 0 Å². The standard InChI is InChI=1S/C17H18N4O3S2/c22-26(23)9-6-14(12-26)10-16-19-20-17(24-16)25-11-13-2-4-15(5-3-13)21-8-1-7-18-21/h1-5,7-8,14H,6,9-12H2/t14-/m0/s1. The minimum absolute atomic E-state index is 0.0909. The van der Waals surface area contributed by atoms with Crippen LogP contribution >= 0.6 is 11.8 Å². The molecule has 9 heteroatoms. The number of rotatable bonds is 6. The second-order valence-electron chi connectivity index (χ2n) is 6.34. The number of sulfone groups is 1. The van der Waals surface area contributed by atoms with Gasteiger partial charge >= 0.3 is 0 Å². The van der Waals surface area contributed by atoms with Crippen LogP contribution in [0.4, 0.5) is 0 Å². The fraction of sp³-hybridized carbons (Fsp3) is 0.353. The van der Waals surface area contributed by atoms with Crippen molar-refractivity contribution in [2.75, 3.05) is 11.5 Å². The Morgan fingerprint density at radius 1 is 1.23 bits per heavy atom. The summed E-state index contributed by atoms with van der Waals surface area (Å²) in [5.74, 6) is 1.82. The van der Waals surface area contributed by atoms with Crippen LogP contribution in [0.15, 0.2) is 52.4 Å². The number of thioether (sulfide) groups is 1. The van der Waals surface area contributed by atoms with Crippen LogP contribution in [0.5, 0.6) is 0 Å². The van der Waals surface area contributed by atoms with E-state index in [0.29, 0.717) is 24.0 Å². The van der Waals surface area contributed by atoms with E-state index < -0.39 is 9.84 Å². The zero-order valence-electron chi connectivity index (χ0n) is 14.0. The third-order valence-electron chi connectivity index (χ3n) is 4.31. The van der Waals surface area contributed by atoms with Crippen molar-refractivity contribution >= 4 is 21.6 Å². The lowest BCUT2D eigenvalue weighted by atomic mass is 10.1. The summed E-state index contributed by atoms with van der Waals surface area (Å²) in [6, 6.07) is 10.0. The number of hydrogen-bond donors (Lipinski definition) is 0. The molecule has 4 rings (SSSR count). The first-order valence-corrected chi connectivity index (χ1v) is 11.1. The molecule has 0 spiro atoms. The molecule has 1 fully saturated rings. The summed E-state index contributed by atoms with van der Waals surface area (Å²) in [4.78, 5) is 0. The van der Waals surface area contributed by atoms with Gasteiger partial charge in [0, 0.05) is 24.6 Å². The summed E-state index contributed by atoms with van der Waals surface area (Å²) >= 11 is 1.47. The van der Waals surface area contributed by atoms with Gasteiger partial charge in [-0.05, 0) is 36.1 Å². The van der Waals surface area contributed by atoms with Crippen molar-refractivity contribution in [3.63, 3.8) is 0 Å². The molecule has 0 radical (unpaired) electrons. The molecule has 1 aliphatic heterocycles. The zero-order chi connectivity index (χ0) is 18.0. The Labute approximate surface area is 155 Å². The zero-order valence-corrected chi connectivity index (χ0v) is 15.6. The summed E-state index contributed by atoms with van der Waals surface area (Å²) < 4.78 is 30.5. The van der Waals surface area contributed by atoms with Gasteiger partial charge in [-0.2, -0.15) is 5.10 Å². The predicted octanol–water partition coefficient (Wildman–Crippen LogP) is 2.52. The highest BCUT2D eigenvalue weighted by atomic mass is 32.2. The van der Waals surface area contributed by atoms with E-state index in [2.05, 4.69) is 15.3 Å². The third kappa shape index (κ3) is 4.16. The Morgan fingerprint density at radius 3 is 2.77 bits per heavy atom. The molecule has 1 saturated heterocycles. The molecule has 0 amide bonds. The molecule has 0 bridgehead atoms. The molecular weight excluding hydrogens is 372 g/mol. The van der Waals surface area contributed by atoms with E-state index in [-0.39, 0.29) is 17.4 Å². The summed E-state index contributed by atoms with van der Waals surface area (Å²) in [6.07, 6.45) is 4.86. The maximum absolute atomic E-state index is 11.5. The van der Waals surface area contributed by atoms with Gasteiger partial charge < -0.3 is 4.42 Å². The van der Waals surface area contributed by atoms with Crippen LogP contribution in [0, 0.1) is 5.92 Å². The molecule has 0 unspecified atom stereocenters. The second-order valence-corrected chi connectivity index (χ2v) is 9.50. The monoisotopic (exact) mass is 390 g/mol. The SMILES string of the molecule is O=S1(=O)CC[C@@H](Cc2nnc(SCc3ccc(-n4cccn4)cc3)o2)C1. The maximum atomic E-state index is 11.5. The Hall–Kier alpha value is -2.13. The van der Waals surface area contributed by atoms with Crippen LogP contribution in [-0.4, -0.2) is 39.9 Å². The first kappa shape index (κ1) is 17.3. The molecule has 0 saturated carbocycles. The lowest BCUT2D eigenvalue weighted by molar-refractivity contribution is 0.389. The quantitative estimate of drug-likeness (QED) is 0.597. The van der Waals surface area contributed by atoms with E-state index in [0.717, 1.165) is 17.0 Å². The fourth-order valence-corrected chi connectivity index (χ4v) is 5.57. The van der Waals surface area contributed by atoms with Crippen molar-refractivity contribution in [3.8, 4) is 5.69 Å². The van der Waals surface area contributed by atoms with Crippen LogP contribution in [0.3, 0.4) is 0 Å². The van der Waals surface area contributed by atoms with Crippen molar-refractivity contribution in [3.05, 3.63) is 54.2 Å². The highest BCUT2D eigenvalue weighted by molar-refractivity contribution is 7.98. The highest BCUT2D eigenvalue weighted by Crippen LogP contribution is 2.25. The van der Waals surface area contributed by atoms with Crippen LogP contribution in [0.1, 0.15) is 17.9 Å². The van der Waals surface area contributed by atoms with Crippen LogP contribution in [0.25, 0.3) is 5.69 Å². The van der Waals surface area contributed by atoms with Gasteiger partial charge in [0.05, 0.1) is 17.2 Å². The molecule has 3 aromatic rings. The molecule has 0 aliphatic carbocycles. The Morgan fingerprint density at radius 2 is 2.08 bits per heavy atom. The second kappa shape index (κ2) is 7.24. The predicted molar refractivity (Wildman–Crippen MR) is 97.9 cm³/mol. The van der Waals surface area contributed by atoms with Gasteiger partial charge in [0.1, 0.15) is 0 Å². The Bertz CT molecular complexity index is 966. The smallest absolute Gasteiger partial charge is 0.276 e. The molecule has 0 N–H and O–H groups in total. The minimum Gasteiger partial charge on any atom is -0.416 e. The van der Waals surface area contributed by atoms with Crippen molar-refractivity contribution in [2.24, 2.45) is 5.92 Å². The average molecular weight is 390 g/mol. The van der Waals surface area contributed by atoms with Gasteiger partial charge in [0.15, 0.2) is 9.84 Å². The maximum Gasteiger partial charge on any atom is 0.276 e. The molecule has 1 atom stereocenters. The van der Waals surface area contributed by atoms with Crippen LogP contribution in [0.2, 0.25) is 0 Å². The number of nitrogens with zero attached hydrogens (tertiary/aromatic N) is 4. The van der Waals surface area contributed by atoms with Gasteiger partial charge in [-0.1, -0.05) is 23.9 Å². The van der Waals surface area contributed by atoms with E-state index in [4.69, 9.17) is 4.42 Å². The van der Waals surface area contributed by atoms with Crippen LogP contribution in [-0.2, 0) is 22.0 Å². The Kier molecular flexibility index (Phi) is 4.82. The Balaban J connectivity index is 1.32.